The maximum Gasteiger partial charge on any atom is 0.320 e. The number of thioether (sulfide) groups is 2. The van der Waals surface area contributed by atoms with Gasteiger partial charge in [-0.15, -0.1) is 0 Å². The van der Waals surface area contributed by atoms with Gasteiger partial charge in [-0.05, 0) is 48.7 Å². The van der Waals surface area contributed by atoms with Crippen molar-refractivity contribution in [2.75, 3.05) is 23.0 Å². The molecule has 4 atom stereocenters. The summed E-state index contributed by atoms with van der Waals surface area (Å²) in [5.74, 6) is -1.68. The van der Waals surface area contributed by atoms with E-state index in [0.29, 0.717) is 48.7 Å². The quantitative estimate of drug-likeness (QED) is 0.121. The molecule has 0 aromatic carbocycles. The molecule has 176 valence electrons. The van der Waals surface area contributed by atoms with Gasteiger partial charge in [0.2, 0.25) is 0 Å². The zero-order chi connectivity index (χ0) is 23.7. The predicted molar refractivity (Wildman–Crippen MR) is 116 cm³/mol. The van der Waals surface area contributed by atoms with E-state index in [1.807, 2.05) is 0 Å². The third kappa shape index (κ3) is 18.4. The fraction of sp³-hybridized carbons (Fsp3) is 0.750. The molecule has 0 aromatic heterocycles. The standard InChI is InChI=1S/2C8H16N2O4S/c2*9-5(7(11)12)1-3-15-4-2-6(10)8(13)14/h2*5-6H,1-4,9-10H2,(H,11,12)(H,13,14). The van der Waals surface area contributed by atoms with Crippen molar-refractivity contribution < 1.29 is 39.6 Å². The van der Waals surface area contributed by atoms with Crippen LogP contribution in [0.25, 0.3) is 0 Å². The highest BCUT2D eigenvalue weighted by Crippen LogP contribution is 2.08. The Bertz CT molecular complexity index is 451. The van der Waals surface area contributed by atoms with E-state index in [4.69, 9.17) is 43.4 Å². The van der Waals surface area contributed by atoms with E-state index < -0.39 is 48.0 Å². The summed E-state index contributed by atoms with van der Waals surface area (Å²) in [6, 6.07) is -3.37. The molecule has 0 aliphatic rings. The number of carboxylic acids is 4. The summed E-state index contributed by atoms with van der Waals surface area (Å²) < 4.78 is 0. The minimum atomic E-state index is -1.02. The van der Waals surface area contributed by atoms with Gasteiger partial charge in [0.05, 0.1) is 0 Å². The molecule has 0 spiro atoms. The first-order valence-electron chi connectivity index (χ1n) is 8.99. The molecule has 4 unspecified atom stereocenters. The first-order chi connectivity index (χ1) is 13.9. The molecule has 0 rings (SSSR count). The second-order valence-electron chi connectivity index (χ2n) is 6.16. The Morgan fingerprint density at radius 2 is 0.667 bits per heavy atom. The van der Waals surface area contributed by atoms with Crippen LogP contribution in [0.1, 0.15) is 25.7 Å². The van der Waals surface area contributed by atoms with Crippen LogP contribution in [0, 0.1) is 0 Å². The highest BCUT2D eigenvalue weighted by atomic mass is 32.2. The summed E-state index contributed by atoms with van der Waals surface area (Å²) in [6.07, 6.45) is 1.51. The maximum absolute atomic E-state index is 10.3. The van der Waals surface area contributed by atoms with Crippen LogP contribution in [0.2, 0.25) is 0 Å². The van der Waals surface area contributed by atoms with Crippen LogP contribution < -0.4 is 22.9 Å². The van der Waals surface area contributed by atoms with Crippen molar-refractivity contribution in [3.8, 4) is 0 Å². The summed E-state index contributed by atoms with van der Waals surface area (Å²) in [4.78, 5) is 41.3. The average Bonchev–Trinajstić information content (AvgIpc) is 2.66. The number of carboxylic acid groups (broad SMARTS) is 4. The van der Waals surface area contributed by atoms with E-state index >= 15 is 0 Å². The molecule has 12 nitrogen and oxygen atoms in total. The molecule has 0 heterocycles. The third-order valence-electron chi connectivity index (χ3n) is 3.56. The monoisotopic (exact) mass is 472 g/mol. The minimum Gasteiger partial charge on any atom is -0.480 e. The lowest BCUT2D eigenvalue weighted by Crippen LogP contribution is -2.31. The van der Waals surface area contributed by atoms with E-state index in [0.717, 1.165) is 0 Å². The van der Waals surface area contributed by atoms with E-state index in [9.17, 15) is 19.2 Å². The van der Waals surface area contributed by atoms with Gasteiger partial charge in [-0.2, -0.15) is 23.5 Å². The molecule has 0 aromatic rings. The van der Waals surface area contributed by atoms with Gasteiger partial charge in [-0.25, -0.2) is 0 Å². The molecule has 12 N–H and O–H groups in total. The number of nitrogens with two attached hydrogens (primary N) is 4. The lowest BCUT2D eigenvalue weighted by molar-refractivity contribution is -0.139. The zero-order valence-corrected chi connectivity index (χ0v) is 18.1. The van der Waals surface area contributed by atoms with Gasteiger partial charge in [0.1, 0.15) is 24.2 Å². The SMILES string of the molecule is NC(CCSCCC(N)C(=O)O)C(=O)O.NC(CCSCCC(N)C(=O)O)C(=O)O. The Labute approximate surface area is 183 Å². The Morgan fingerprint density at radius 1 is 0.500 bits per heavy atom. The number of hydrogen-bond acceptors (Lipinski definition) is 10. The van der Waals surface area contributed by atoms with Crippen molar-refractivity contribution >= 4 is 47.4 Å². The van der Waals surface area contributed by atoms with E-state index in [-0.39, 0.29) is 0 Å². The van der Waals surface area contributed by atoms with Crippen LogP contribution >= 0.6 is 23.5 Å². The minimum absolute atomic E-state index is 0.377. The van der Waals surface area contributed by atoms with Gasteiger partial charge in [-0.1, -0.05) is 0 Å². The van der Waals surface area contributed by atoms with Crippen molar-refractivity contribution in [1.82, 2.24) is 0 Å². The number of rotatable bonds is 16. The Morgan fingerprint density at radius 3 is 0.800 bits per heavy atom. The van der Waals surface area contributed by atoms with Crippen LogP contribution in [-0.4, -0.2) is 91.5 Å². The molecule has 0 saturated carbocycles. The molecular formula is C16H32N4O8S2. The molecule has 14 heteroatoms. The Balaban J connectivity index is 0. The molecule has 0 aliphatic heterocycles. The second kappa shape index (κ2) is 18.2. The Hall–Kier alpha value is -1.58. The molecule has 0 aliphatic carbocycles. The fourth-order valence-electron chi connectivity index (χ4n) is 1.54. The van der Waals surface area contributed by atoms with E-state index in [1.54, 1.807) is 0 Å². The van der Waals surface area contributed by atoms with E-state index in [1.165, 1.54) is 23.5 Å². The lowest BCUT2D eigenvalue weighted by atomic mass is 10.2. The highest BCUT2D eigenvalue weighted by Gasteiger charge is 2.13. The van der Waals surface area contributed by atoms with Crippen LogP contribution in [0.15, 0.2) is 0 Å². The zero-order valence-electron chi connectivity index (χ0n) is 16.5. The number of aliphatic carboxylic acids is 4. The van der Waals surface area contributed by atoms with Crippen molar-refractivity contribution in [2.24, 2.45) is 22.9 Å². The molecule has 0 fully saturated rings. The lowest BCUT2D eigenvalue weighted by Gasteiger charge is -2.07. The second-order valence-corrected chi connectivity index (χ2v) is 8.61. The van der Waals surface area contributed by atoms with Gasteiger partial charge < -0.3 is 43.4 Å². The van der Waals surface area contributed by atoms with E-state index in [2.05, 4.69) is 0 Å². The fourth-order valence-corrected chi connectivity index (χ4v) is 3.63. The number of carbonyl (C=O) groups is 4. The summed E-state index contributed by atoms with van der Waals surface area (Å²) in [7, 11) is 0. The maximum atomic E-state index is 10.3. The summed E-state index contributed by atoms with van der Waals surface area (Å²) >= 11 is 2.92. The van der Waals surface area contributed by atoms with Gasteiger partial charge in [-0.3, -0.25) is 19.2 Å². The number of hydrogen-bond donors (Lipinski definition) is 8. The molecule has 0 saturated heterocycles. The molecular weight excluding hydrogens is 440 g/mol. The van der Waals surface area contributed by atoms with Gasteiger partial charge in [0.15, 0.2) is 0 Å². The molecule has 30 heavy (non-hydrogen) atoms. The van der Waals surface area contributed by atoms with Gasteiger partial charge >= 0.3 is 23.9 Å². The van der Waals surface area contributed by atoms with Crippen molar-refractivity contribution in [3.63, 3.8) is 0 Å². The first-order valence-corrected chi connectivity index (χ1v) is 11.3. The van der Waals surface area contributed by atoms with Crippen molar-refractivity contribution in [2.45, 2.75) is 49.9 Å². The molecule has 0 bridgehead atoms. The summed E-state index contributed by atoms with van der Waals surface area (Å²) in [5.41, 5.74) is 21.1. The Kier molecular flexibility index (Phi) is 18.6. The topological polar surface area (TPSA) is 253 Å². The van der Waals surface area contributed by atoms with Crippen molar-refractivity contribution in [1.29, 1.82) is 0 Å². The smallest absolute Gasteiger partial charge is 0.320 e. The predicted octanol–water partition coefficient (Wildman–Crippen LogP) is -1.35. The van der Waals surface area contributed by atoms with Crippen molar-refractivity contribution in [3.05, 3.63) is 0 Å². The van der Waals surface area contributed by atoms with Crippen LogP contribution in [0.4, 0.5) is 0 Å². The summed E-state index contributed by atoms with van der Waals surface area (Å²) in [6.45, 7) is 0. The first kappa shape index (κ1) is 30.6. The summed E-state index contributed by atoms with van der Waals surface area (Å²) in [5, 5.41) is 33.9. The normalized spacial score (nSPS) is 14.5. The van der Waals surface area contributed by atoms with Gasteiger partial charge in [0, 0.05) is 0 Å². The largest absolute Gasteiger partial charge is 0.480 e. The third-order valence-corrected chi connectivity index (χ3v) is 5.66. The van der Waals surface area contributed by atoms with Crippen LogP contribution in [0.3, 0.4) is 0 Å². The highest BCUT2D eigenvalue weighted by molar-refractivity contribution is 7.99. The van der Waals surface area contributed by atoms with Gasteiger partial charge in [0.25, 0.3) is 0 Å². The molecule has 0 amide bonds. The molecule has 0 radical (unpaired) electrons. The van der Waals surface area contributed by atoms with Crippen LogP contribution in [0.5, 0.6) is 0 Å². The average molecular weight is 473 g/mol. The van der Waals surface area contributed by atoms with Crippen LogP contribution in [-0.2, 0) is 19.2 Å².